The van der Waals surface area contributed by atoms with Crippen LogP contribution in [0.2, 0.25) is 0 Å². The van der Waals surface area contributed by atoms with Gasteiger partial charge in [-0.3, -0.25) is 0 Å². The van der Waals surface area contributed by atoms with E-state index in [2.05, 4.69) is 67.3 Å². The largest absolute Gasteiger partial charge is 0.341 e. The van der Waals surface area contributed by atoms with Crippen LogP contribution in [0.4, 0.5) is 11.4 Å². The monoisotopic (exact) mass is 266 g/mol. The van der Waals surface area contributed by atoms with Gasteiger partial charge in [0.15, 0.2) is 0 Å². The van der Waals surface area contributed by atoms with Crippen LogP contribution in [0.3, 0.4) is 0 Å². The van der Waals surface area contributed by atoms with E-state index in [4.69, 9.17) is 5.73 Å². The van der Waals surface area contributed by atoms with E-state index in [1.54, 1.807) is 0 Å². The van der Waals surface area contributed by atoms with Crippen molar-refractivity contribution in [3.8, 4) is 0 Å². The number of nitrogens with zero attached hydrogens (tertiary/aromatic N) is 1. The van der Waals surface area contributed by atoms with Gasteiger partial charge in [-0.25, -0.2) is 0 Å². The van der Waals surface area contributed by atoms with Crippen molar-refractivity contribution in [1.82, 2.24) is 0 Å². The standard InChI is InChI=1S/C18H22N2/c1-18(2)14-8-3-5-10-16(14)20(13-7-12-19)17-11-6-4-9-15(17)18/h3-6,8-11H,7,12-13,19H2,1-2H3. The maximum absolute atomic E-state index is 5.71. The number of para-hydroxylation sites is 2. The highest BCUT2D eigenvalue weighted by Gasteiger charge is 2.35. The highest BCUT2D eigenvalue weighted by atomic mass is 15.1. The lowest BCUT2D eigenvalue weighted by Crippen LogP contribution is -2.33. The molecule has 0 spiro atoms. The number of fused-ring (bicyclic) bond motifs is 2. The van der Waals surface area contributed by atoms with E-state index < -0.39 is 0 Å². The summed E-state index contributed by atoms with van der Waals surface area (Å²) < 4.78 is 0. The molecule has 1 aliphatic heterocycles. The lowest BCUT2D eigenvalue weighted by Gasteiger charge is -2.42. The summed E-state index contributed by atoms with van der Waals surface area (Å²) in [7, 11) is 0. The van der Waals surface area contributed by atoms with Crippen molar-refractivity contribution in [2.45, 2.75) is 25.7 Å². The maximum atomic E-state index is 5.71. The minimum absolute atomic E-state index is 0.0480. The first-order valence-electron chi connectivity index (χ1n) is 7.33. The number of rotatable bonds is 3. The first-order valence-corrected chi connectivity index (χ1v) is 7.33. The number of benzene rings is 2. The minimum atomic E-state index is 0.0480. The zero-order chi connectivity index (χ0) is 14.2. The Morgan fingerprint density at radius 1 is 0.900 bits per heavy atom. The fourth-order valence-electron chi connectivity index (χ4n) is 3.24. The van der Waals surface area contributed by atoms with E-state index in [0.717, 1.165) is 19.5 Å². The normalized spacial score (nSPS) is 15.7. The molecule has 104 valence electrons. The van der Waals surface area contributed by atoms with E-state index in [-0.39, 0.29) is 5.41 Å². The Balaban J connectivity index is 2.19. The van der Waals surface area contributed by atoms with Gasteiger partial charge in [0.25, 0.3) is 0 Å². The molecule has 3 rings (SSSR count). The van der Waals surface area contributed by atoms with Crippen LogP contribution in [0, 0.1) is 0 Å². The third-order valence-corrected chi connectivity index (χ3v) is 4.32. The fourth-order valence-corrected chi connectivity index (χ4v) is 3.24. The van der Waals surface area contributed by atoms with Crippen LogP contribution in [0.25, 0.3) is 0 Å². The second-order valence-corrected chi connectivity index (χ2v) is 5.95. The Bertz CT molecular complexity index is 567. The Kier molecular flexibility index (Phi) is 3.27. The van der Waals surface area contributed by atoms with Gasteiger partial charge in [0.2, 0.25) is 0 Å². The summed E-state index contributed by atoms with van der Waals surface area (Å²) in [5.74, 6) is 0. The van der Waals surface area contributed by atoms with E-state index in [0.29, 0.717) is 0 Å². The van der Waals surface area contributed by atoms with Gasteiger partial charge < -0.3 is 10.6 Å². The summed E-state index contributed by atoms with van der Waals surface area (Å²) in [6, 6.07) is 17.5. The number of anilines is 2. The molecule has 2 N–H and O–H groups in total. The summed E-state index contributed by atoms with van der Waals surface area (Å²) in [6.07, 6.45) is 1.00. The summed E-state index contributed by atoms with van der Waals surface area (Å²) in [4.78, 5) is 2.42. The molecule has 0 aliphatic carbocycles. The van der Waals surface area contributed by atoms with Crippen LogP contribution in [-0.4, -0.2) is 13.1 Å². The molecule has 0 atom stereocenters. The first kappa shape index (κ1) is 13.2. The van der Waals surface area contributed by atoms with Gasteiger partial charge in [0.1, 0.15) is 0 Å². The summed E-state index contributed by atoms with van der Waals surface area (Å²) in [5.41, 5.74) is 11.2. The van der Waals surface area contributed by atoms with Crippen LogP contribution in [-0.2, 0) is 5.41 Å². The van der Waals surface area contributed by atoms with Crippen molar-refractivity contribution >= 4 is 11.4 Å². The third-order valence-electron chi connectivity index (χ3n) is 4.32. The van der Waals surface area contributed by atoms with Crippen molar-refractivity contribution in [2.75, 3.05) is 18.0 Å². The van der Waals surface area contributed by atoms with Crippen molar-refractivity contribution in [2.24, 2.45) is 5.73 Å². The minimum Gasteiger partial charge on any atom is -0.341 e. The molecule has 0 unspecified atom stereocenters. The van der Waals surface area contributed by atoms with Crippen molar-refractivity contribution in [1.29, 1.82) is 0 Å². The maximum Gasteiger partial charge on any atom is 0.0452 e. The molecule has 0 radical (unpaired) electrons. The average Bonchev–Trinajstić information content (AvgIpc) is 2.48. The van der Waals surface area contributed by atoms with Gasteiger partial charge in [0, 0.05) is 23.3 Å². The molecule has 1 heterocycles. The lowest BCUT2D eigenvalue weighted by molar-refractivity contribution is 0.621. The third kappa shape index (κ3) is 1.92. The zero-order valence-corrected chi connectivity index (χ0v) is 12.3. The second kappa shape index (κ2) is 4.95. The van der Waals surface area contributed by atoms with E-state index >= 15 is 0 Å². The average molecular weight is 266 g/mol. The van der Waals surface area contributed by atoms with Gasteiger partial charge in [-0.2, -0.15) is 0 Å². The van der Waals surface area contributed by atoms with Gasteiger partial charge in [-0.15, -0.1) is 0 Å². The Labute approximate surface area is 121 Å². The molecule has 2 aromatic rings. The van der Waals surface area contributed by atoms with Crippen LogP contribution < -0.4 is 10.6 Å². The quantitative estimate of drug-likeness (QED) is 0.915. The molecule has 0 fully saturated rings. The van der Waals surface area contributed by atoms with Crippen molar-refractivity contribution in [3.63, 3.8) is 0 Å². The van der Waals surface area contributed by atoms with Crippen molar-refractivity contribution < 1.29 is 0 Å². The van der Waals surface area contributed by atoms with Crippen LogP contribution in [0.1, 0.15) is 31.4 Å². The predicted molar refractivity (Wildman–Crippen MR) is 85.7 cm³/mol. The highest BCUT2D eigenvalue weighted by molar-refractivity contribution is 5.77. The highest BCUT2D eigenvalue weighted by Crippen LogP contribution is 2.48. The fraction of sp³-hybridized carbons (Fsp3) is 0.333. The number of hydrogen-bond acceptors (Lipinski definition) is 2. The Morgan fingerprint density at radius 2 is 1.40 bits per heavy atom. The van der Waals surface area contributed by atoms with Crippen LogP contribution >= 0.6 is 0 Å². The van der Waals surface area contributed by atoms with Gasteiger partial charge in [-0.1, -0.05) is 50.2 Å². The van der Waals surface area contributed by atoms with Gasteiger partial charge in [-0.05, 0) is 36.2 Å². The SMILES string of the molecule is CC1(C)c2ccccc2N(CCCN)c2ccccc21. The van der Waals surface area contributed by atoms with E-state index in [9.17, 15) is 0 Å². The number of nitrogens with two attached hydrogens (primary N) is 1. The van der Waals surface area contributed by atoms with E-state index in [1.165, 1.54) is 22.5 Å². The molecule has 0 bridgehead atoms. The van der Waals surface area contributed by atoms with E-state index in [1.807, 2.05) is 0 Å². The molecule has 0 saturated heterocycles. The summed E-state index contributed by atoms with van der Waals surface area (Å²) in [5, 5.41) is 0. The Morgan fingerprint density at radius 3 is 1.90 bits per heavy atom. The Hall–Kier alpha value is -1.80. The molecule has 2 heteroatoms. The predicted octanol–water partition coefficient (Wildman–Crippen LogP) is 3.81. The zero-order valence-electron chi connectivity index (χ0n) is 12.3. The molecule has 0 saturated carbocycles. The van der Waals surface area contributed by atoms with Crippen LogP contribution in [0.5, 0.6) is 0 Å². The van der Waals surface area contributed by atoms with Crippen LogP contribution in [0.15, 0.2) is 48.5 Å². The molecule has 2 aromatic carbocycles. The molecule has 0 aromatic heterocycles. The lowest BCUT2D eigenvalue weighted by atomic mass is 9.73. The molecule has 0 amide bonds. The van der Waals surface area contributed by atoms with Crippen molar-refractivity contribution in [3.05, 3.63) is 59.7 Å². The molecule has 20 heavy (non-hydrogen) atoms. The van der Waals surface area contributed by atoms with Gasteiger partial charge in [0.05, 0.1) is 0 Å². The molecule has 2 nitrogen and oxygen atoms in total. The summed E-state index contributed by atoms with van der Waals surface area (Å²) >= 11 is 0. The second-order valence-electron chi connectivity index (χ2n) is 5.95. The van der Waals surface area contributed by atoms with Gasteiger partial charge >= 0.3 is 0 Å². The summed E-state index contributed by atoms with van der Waals surface area (Å²) in [6.45, 7) is 6.32. The molecule has 1 aliphatic rings. The molecular weight excluding hydrogens is 244 g/mol. The molecular formula is C18H22N2. The topological polar surface area (TPSA) is 29.3 Å². The first-order chi connectivity index (χ1) is 9.66. The smallest absolute Gasteiger partial charge is 0.0452 e. The number of hydrogen-bond donors (Lipinski definition) is 1.